The Kier molecular flexibility index (Phi) is 4.48. The molecule has 1 aromatic carbocycles. The second-order valence-corrected chi connectivity index (χ2v) is 5.57. The van der Waals surface area contributed by atoms with Crippen LogP contribution in [0.5, 0.6) is 0 Å². The number of hydrogen-bond acceptors (Lipinski definition) is 3. The molecule has 0 aliphatic rings. The summed E-state index contributed by atoms with van der Waals surface area (Å²) in [5, 5.41) is 14.3. The summed E-state index contributed by atoms with van der Waals surface area (Å²) in [4.78, 5) is 1.16. The van der Waals surface area contributed by atoms with Crippen molar-refractivity contribution in [3.8, 4) is 6.07 Å². The quantitative estimate of drug-likeness (QED) is 0.922. The second kappa shape index (κ2) is 6.10. The van der Waals surface area contributed by atoms with E-state index in [2.05, 4.69) is 27.3 Å². The number of nitrogens with zero attached hydrogens (tertiary/aromatic N) is 1. The summed E-state index contributed by atoms with van der Waals surface area (Å²) < 4.78 is 13.6. The molecule has 18 heavy (non-hydrogen) atoms. The summed E-state index contributed by atoms with van der Waals surface area (Å²) >= 11 is 4.91. The van der Waals surface area contributed by atoms with Gasteiger partial charge >= 0.3 is 0 Å². The normalized spacial score (nSPS) is 12.1. The molecule has 0 aliphatic carbocycles. The van der Waals surface area contributed by atoms with E-state index in [0.717, 1.165) is 10.4 Å². The van der Waals surface area contributed by atoms with Crippen molar-refractivity contribution in [3.63, 3.8) is 0 Å². The standard InChI is InChI=1S/C13H10BrFN2S/c14-12-6-9(15)3-4-11(12)13(7-16)17-8-10-2-1-5-18-10/h1-6,13,17H,8H2. The Hall–Kier alpha value is -1.22. The maximum absolute atomic E-state index is 13.0. The van der Waals surface area contributed by atoms with Crippen LogP contribution in [0.15, 0.2) is 40.2 Å². The molecule has 1 aromatic heterocycles. The van der Waals surface area contributed by atoms with E-state index in [0.29, 0.717) is 11.0 Å². The zero-order chi connectivity index (χ0) is 13.0. The molecule has 0 aliphatic heterocycles. The van der Waals surface area contributed by atoms with Gasteiger partial charge in [-0.1, -0.05) is 28.1 Å². The predicted octanol–water partition coefficient (Wildman–Crippen LogP) is 4.00. The zero-order valence-electron chi connectivity index (χ0n) is 9.36. The number of rotatable bonds is 4. The molecule has 5 heteroatoms. The van der Waals surface area contributed by atoms with Gasteiger partial charge in [-0.15, -0.1) is 11.3 Å². The molecule has 0 saturated heterocycles. The fourth-order valence-corrected chi connectivity index (χ4v) is 2.81. The van der Waals surface area contributed by atoms with E-state index in [9.17, 15) is 9.65 Å². The molecule has 1 N–H and O–H groups in total. The van der Waals surface area contributed by atoms with E-state index in [4.69, 9.17) is 0 Å². The molecule has 1 heterocycles. The lowest BCUT2D eigenvalue weighted by Gasteiger charge is -2.12. The van der Waals surface area contributed by atoms with Crippen LogP contribution < -0.4 is 5.32 Å². The third-order valence-corrected chi connectivity index (χ3v) is 4.03. The van der Waals surface area contributed by atoms with Crippen LogP contribution in [0.4, 0.5) is 4.39 Å². The number of nitriles is 1. The molecule has 0 spiro atoms. The number of nitrogens with one attached hydrogen (secondary N) is 1. The first-order valence-corrected chi connectivity index (χ1v) is 6.98. The summed E-state index contributed by atoms with van der Waals surface area (Å²) in [5.41, 5.74) is 0.746. The first-order chi connectivity index (χ1) is 8.70. The summed E-state index contributed by atoms with van der Waals surface area (Å²) in [6.45, 7) is 0.625. The van der Waals surface area contributed by atoms with E-state index >= 15 is 0 Å². The Bertz CT molecular complexity index is 563. The minimum atomic E-state index is -0.456. The largest absolute Gasteiger partial charge is 0.293 e. The number of benzene rings is 1. The smallest absolute Gasteiger partial charge is 0.124 e. The average Bonchev–Trinajstić information content (AvgIpc) is 2.85. The Morgan fingerprint density at radius 2 is 2.28 bits per heavy atom. The van der Waals surface area contributed by atoms with Crippen LogP contribution in [0.25, 0.3) is 0 Å². The first-order valence-electron chi connectivity index (χ1n) is 5.31. The lowest BCUT2D eigenvalue weighted by molar-refractivity contribution is 0.614. The van der Waals surface area contributed by atoms with Gasteiger partial charge in [-0.2, -0.15) is 5.26 Å². The van der Waals surface area contributed by atoms with Crippen molar-refractivity contribution in [2.75, 3.05) is 0 Å². The molecule has 2 aromatic rings. The molecule has 2 nitrogen and oxygen atoms in total. The highest BCUT2D eigenvalue weighted by Gasteiger charge is 2.13. The van der Waals surface area contributed by atoms with Crippen molar-refractivity contribution < 1.29 is 4.39 Å². The Morgan fingerprint density at radius 1 is 1.44 bits per heavy atom. The molecule has 0 amide bonds. The molecule has 0 fully saturated rings. The topological polar surface area (TPSA) is 35.8 Å². The van der Waals surface area contributed by atoms with E-state index in [1.807, 2.05) is 17.5 Å². The summed E-state index contributed by atoms with van der Waals surface area (Å²) in [5.74, 6) is -0.319. The van der Waals surface area contributed by atoms with Crippen LogP contribution in [0.1, 0.15) is 16.5 Å². The van der Waals surface area contributed by atoms with E-state index in [-0.39, 0.29) is 5.82 Å². The number of hydrogen-bond donors (Lipinski definition) is 1. The van der Waals surface area contributed by atoms with Crippen molar-refractivity contribution in [3.05, 3.63) is 56.4 Å². The van der Waals surface area contributed by atoms with Gasteiger partial charge in [0.1, 0.15) is 11.9 Å². The van der Waals surface area contributed by atoms with Crippen LogP contribution in [0.2, 0.25) is 0 Å². The Morgan fingerprint density at radius 3 is 2.89 bits per heavy atom. The highest BCUT2D eigenvalue weighted by molar-refractivity contribution is 9.10. The minimum absolute atomic E-state index is 0.319. The predicted molar refractivity (Wildman–Crippen MR) is 73.6 cm³/mol. The van der Waals surface area contributed by atoms with Crippen LogP contribution >= 0.6 is 27.3 Å². The zero-order valence-corrected chi connectivity index (χ0v) is 11.8. The average molecular weight is 325 g/mol. The number of halogens is 2. The Balaban J connectivity index is 2.11. The van der Waals surface area contributed by atoms with Crippen LogP contribution in [-0.2, 0) is 6.54 Å². The van der Waals surface area contributed by atoms with E-state index < -0.39 is 6.04 Å². The van der Waals surface area contributed by atoms with Gasteiger partial charge in [0.2, 0.25) is 0 Å². The molecule has 0 saturated carbocycles. The lowest BCUT2D eigenvalue weighted by Crippen LogP contribution is -2.19. The third-order valence-electron chi connectivity index (χ3n) is 2.46. The highest BCUT2D eigenvalue weighted by Crippen LogP contribution is 2.24. The summed E-state index contributed by atoms with van der Waals surface area (Å²) in [6.07, 6.45) is 0. The minimum Gasteiger partial charge on any atom is -0.293 e. The SMILES string of the molecule is N#CC(NCc1cccs1)c1ccc(F)cc1Br. The van der Waals surface area contributed by atoms with Gasteiger partial charge in [-0.25, -0.2) is 4.39 Å². The van der Waals surface area contributed by atoms with Crippen molar-refractivity contribution in [1.29, 1.82) is 5.26 Å². The molecule has 1 atom stereocenters. The van der Waals surface area contributed by atoms with Crippen LogP contribution in [-0.4, -0.2) is 0 Å². The molecule has 0 bridgehead atoms. The van der Waals surface area contributed by atoms with Crippen LogP contribution in [0.3, 0.4) is 0 Å². The molecule has 2 rings (SSSR count). The summed E-state index contributed by atoms with van der Waals surface area (Å²) in [6, 6.07) is 10.0. The van der Waals surface area contributed by atoms with E-state index in [1.54, 1.807) is 17.4 Å². The molecular weight excluding hydrogens is 315 g/mol. The first kappa shape index (κ1) is 13.2. The van der Waals surface area contributed by atoms with Gasteiger partial charge in [0.25, 0.3) is 0 Å². The lowest BCUT2D eigenvalue weighted by atomic mass is 10.1. The maximum atomic E-state index is 13.0. The molecule has 0 radical (unpaired) electrons. The third kappa shape index (κ3) is 3.16. The molecular formula is C13H10BrFN2S. The fraction of sp³-hybridized carbons (Fsp3) is 0.154. The van der Waals surface area contributed by atoms with Crippen molar-refractivity contribution in [2.24, 2.45) is 0 Å². The maximum Gasteiger partial charge on any atom is 0.124 e. The fourth-order valence-electron chi connectivity index (χ4n) is 1.58. The van der Waals surface area contributed by atoms with Gasteiger partial charge < -0.3 is 0 Å². The summed E-state index contributed by atoms with van der Waals surface area (Å²) in [7, 11) is 0. The van der Waals surface area contributed by atoms with Crippen molar-refractivity contribution in [1.82, 2.24) is 5.32 Å². The van der Waals surface area contributed by atoms with Gasteiger partial charge in [-0.3, -0.25) is 5.32 Å². The van der Waals surface area contributed by atoms with Gasteiger partial charge in [0.05, 0.1) is 6.07 Å². The van der Waals surface area contributed by atoms with Crippen molar-refractivity contribution >= 4 is 27.3 Å². The van der Waals surface area contributed by atoms with Crippen LogP contribution in [0, 0.1) is 17.1 Å². The van der Waals surface area contributed by atoms with Crippen molar-refractivity contribution in [2.45, 2.75) is 12.6 Å². The van der Waals surface area contributed by atoms with Gasteiger partial charge in [0, 0.05) is 15.9 Å². The second-order valence-electron chi connectivity index (χ2n) is 3.69. The molecule has 92 valence electrons. The van der Waals surface area contributed by atoms with Gasteiger partial charge in [0.15, 0.2) is 0 Å². The highest BCUT2D eigenvalue weighted by atomic mass is 79.9. The van der Waals surface area contributed by atoms with E-state index in [1.165, 1.54) is 12.1 Å². The van der Waals surface area contributed by atoms with Gasteiger partial charge in [-0.05, 0) is 29.1 Å². The molecule has 1 unspecified atom stereocenters. The number of thiophene rings is 1. The Labute approximate surface area is 117 Å². The monoisotopic (exact) mass is 324 g/mol.